The number of carbonyl (C=O) groups excluding carboxylic acids is 1. The average molecular weight is 415 g/mol. The fourth-order valence-electron chi connectivity index (χ4n) is 3.66. The monoisotopic (exact) mass is 414 g/mol. The highest BCUT2D eigenvalue weighted by atomic mass is 16.6. The number of amides is 1. The van der Waals surface area contributed by atoms with Crippen LogP contribution < -0.4 is 11.3 Å². The molecule has 0 radical (unpaired) electrons. The van der Waals surface area contributed by atoms with Crippen LogP contribution >= 0.6 is 0 Å². The van der Waals surface area contributed by atoms with E-state index in [0.717, 1.165) is 5.56 Å². The first-order valence-electron chi connectivity index (χ1n) is 10.1. The normalized spacial score (nSPS) is 14.9. The zero-order chi connectivity index (χ0) is 21.9. The molecule has 1 aromatic heterocycles. The lowest BCUT2D eigenvalue weighted by atomic mass is 10.0. The van der Waals surface area contributed by atoms with Crippen LogP contribution in [0, 0.1) is 0 Å². The van der Waals surface area contributed by atoms with Crippen LogP contribution in [0.4, 0.5) is 10.7 Å². The van der Waals surface area contributed by atoms with Crippen LogP contribution in [0.2, 0.25) is 0 Å². The second-order valence-electron chi connectivity index (χ2n) is 8.52. The number of fused-ring (bicyclic) bond motifs is 1. The summed E-state index contributed by atoms with van der Waals surface area (Å²) in [6.07, 6.45) is 0.591. The quantitative estimate of drug-likeness (QED) is 0.807. The van der Waals surface area contributed by atoms with Gasteiger partial charge in [-0.05, 0) is 39.2 Å². The summed E-state index contributed by atoms with van der Waals surface area (Å²) in [5, 5.41) is 0. The summed E-state index contributed by atoms with van der Waals surface area (Å²) in [5.74, 6) is 0.128. The first-order chi connectivity index (χ1) is 14.2. The second-order valence-corrected chi connectivity index (χ2v) is 8.52. The number of nitrogen functional groups attached to an aromatic ring is 1. The SMILES string of the molecule is COC[C@H](Cc1ccccc1)n1c(N)nc2c(c1=O)CCN(C(=O)OC(C)(C)C)C2. The number of nitrogens with zero attached hydrogens (tertiary/aromatic N) is 3. The van der Waals surface area contributed by atoms with Crippen molar-refractivity contribution in [1.29, 1.82) is 0 Å². The van der Waals surface area contributed by atoms with Gasteiger partial charge in [0.2, 0.25) is 5.95 Å². The number of ether oxygens (including phenoxy) is 2. The van der Waals surface area contributed by atoms with Crippen molar-refractivity contribution in [3.05, 3.63) is 57.5 Å². The molecule has 1 aromatic carbocycles. The van der Waals surface area contributed by atoms with Gasteiger partial charge in [-0.3, -0.25) is 9.36 Å². The standard InChI is InChI=1S/C22H30N4O4/c1-22(2,3)30-21(28)25-11-10-17-18(13-25)24-20(23)26(19(17)27)16(14-29-4)12-15-8-6-5-7-9-15/h5-9,16H,10-14H2,1-4H3,(H2,23,24)/t16-/m0/s1. The zero-order valence-electron chi connectivity index (χ0n) is 18.1. The molecular formula is C22H30N4O4. The largest absolute Gasteiger partial charge is 0.444 e. The van der Waals surface area contributed by atoms with E-state index in [1.54, 1.807) is 12.0 Å². The van der Waals surface area contributed by atoms with Crippen LogP contribution in [0.1, 0.15) is 43.6 Å². The summed E-state index contributed by atoms with van der Waals surface area (Å²) in [6, 6.07) is 9.62. The van der Waals surface area contributed by atoms with Crippen LogP contribution in [0.5, 0.6) is 0 Å². The number of aromatic nitrogens is 2. The van der Waals surface area contributed by atoms with Gasteiger partial charge in [-0.1, -0.05) is 30.3 Å². The molecule has 0 saturated heterocycles. The van der Waals surface area contributed by atoms with Crippen molar-refractivity contribution in [2.75, 3.05) is 26.0 Å². The third-order valence-corrected chi connectivity index (χ3v) is 4.98. The van der Waals surface area contributed by atoms with Crippen molar-refractivity contribution in [2.45, 2.75) is 51.8 Å². The minimum Gasteiger partial charge on any atom is -0.444 e. The van der Waals surface area contributed by atoms with Gasteiger partial charge < -0.3 is 20.1 Å². The fraction of sp³-hybridized carbons (Fsp3) is 0.500. The van der Waals surface area contributed by atoms with Gasteiger partial charge >= 0.3 is 6.09 Å². The first kappa shape index (κ1) is 21.8. The highest BCUT2D eigenvalue weighted by Crippen LogP contribution is 2.22. The Bertz CT molecular complexity index is 950. The van der Waals surface area contributed by atoms with Gasteiger partial charge in [0.15, 0.2) is 0 Å². The summed E-state index contributed by atoms with van der Waals surface area (Å²) in [6.45, 7) is 6.40. The minimum absolute atomic E-state index is 0.128. The van der Waals surface area contributed by atoms with Gasteiger partial charge in [0.1, 0.15) is 5.60 Å². The molecule has 8 heteroatoms. The number of carbonyl (C=O) groups is 1. The second kappa shape index (κ2) is 8.87. The van der Waals surface area contributed by atoms with E-state index in [4.69, 9.17) is 15.2 Å². The van der Waals surface area contributed by atoms with E-state index in [-0.39, 0.29) is 24.1 Å². The lowest BCUT2D eigenvalue weighted by Crippen LogP contribution is -2.44. The molecule has 30 heavy (non-hydrogen) atoms. The fourth-order valence-corrected chi connectivity index (χ4v) is 3.66. The summed E-state index contributed by atoms with van der Waals surface area (Å²) < 4.78 is 12.3. The lowest BCUT2D eigenvalue weighted by molar-refractivity contribution is 0.0220. The molecule has 0 aliphatic carbocycles. The Kier molecular flexibility index (Phi) is 6.45. The van der Waals surface area contributed by atoms with Crippen LogP contribution in [0.25, 0.3) is 0 Å². The maximum Gasteiger partial charge on any atom is 0.410 e. The summed E-state index contributed by atoms with van der Waals surface area (Å²) in [5.41, 5.74) is 7.67. The molecule has 0 saturated carbocycles. The molecule has 1 aliphatic heterocycles. The molecule has 2 N–H and O–H groups in total. The number of hydrogen-bond acceptors (Lipinski definition) is 6. The molecule has 162 valence electrons. The molecule has 0 unspecified atom stereocenters. The molecule has 1 atom stereocenters. The molecule has 1 amide bonds. The minimum atomic E-state index is -0.585. The Labute approximate surface area is 176 Å². The number of benzene rings is 1. The number of rotatable bonds is 5. The van der Waals surface area contributed by atoms with E-state index in [1.807, 2.05) is 51.1 Å². The van der Waals surface area contributed by atoms with Crippen LogP contribution in [0.15, 0.2) is 35.1 Å². The smallest absolute Gasteiger partial charge is 0.410 e. The summed E-state index contributed by atoms with van der Waals surface area (Å²) >= 11 is 0. The van der Waals surface area contributed by atoms with Gasteiger partial charge in [-0.2, -0.15) is 0 Å². The predicted molar refractivity (Wildman–Crippen MR) is 114 cm³/mol. The Morgan fingerprint density at radius 3 is 2.60 bits per heavy atom. The van der Waals surface area contributed by atoms with Crippen LogP contribution in [-0.4, -0.2) is 46.4 Å². The van der Waals surface area contributed by atoms with Crippen LogP contribution in [-0.2, 0) is 28.9 Å². The van der Waals surface area contributed by atoms with Crippen LogP contribution in [0.3, 0.4) is 0 Å². The van der Waals surface area contributed by atoms with E-state index >= 15 is 0 Å². The molecular weight excluding hydrogens is 384 g/mol. The van der Waals surface area contributed by atoms with Crippen molar-refractivity contribution in [2.24, 2.45) is 0 Å². The molecule has 0 bridgehead atoms. The molecule has 3 rings (SSSR count). The van der Waals surface area contributed by atoms with Crippen molar-refractivity contribution >= 4 is 12.0 Å². The zero-order valence-corrected chi connectivity index (χ0v) is 18.1. The molecule has 8 nitrogen and oxygen atoms in total. The van der Waals surface area contributed by atoms with Gasteiger partial charge in [-0.15, -0.1) is 0 Å². The Morgan fingerprint density at radius 1 is 1.27 bits per heavy atom. The molecule has 1 aliphatic rings. The van der Waals surface area contributed by atoms with Gasteiger partial charge in [-0.25, -0.2) is 9.78 Å². The summed E-state index contributed by atoms with van der Waals surface area (Å²) in [7, 11) is 1.60. The highest BCUT2D eigenvalue weighted by molar-refractivity contribution is 5.68. The number of nitrogens with two attached hydrogens (primary N) is 1. The molecule has 0 fully saturated rings. The molecule has 0 spiro atoms. The third-order valence-electron chi connectivity index (χ3n) is 4.98. The first-order valence-corrected chi connectivity index (χ1v) is 10.1. The Hall–Kier alpha value is -2.87. The maximum absolute atomic E-state index is 13.3. The number of hydrogen-bond donors (Lipinski definition) is 1. The van der Waals surface area contributed by atoms with Crippen molar-refractivity contribution in [3.63, 3.8) is 0 Å². The number of anilines is 1. The topological polar surface area (TPSA) is 99.7 Å². The highest BCUT2D eigenvalue weighted by Gasteiger charge is 2.30. The third kappa shape index (κ3) is 4.99. The van der Waals surface area contributed by atoms with Crippen molar-refractivity contribution in [3.8, 4) is 0 Å². The molecule has 2 aromatic rings. The predicted octanol–water partition coefficient (Wildman–Crippen LogP) is 2.55. The number of methoxy groups -OCH3 is 1. The van der Waals surface area contributed by atoms with Crippen molar-refractivity contribution < 1.29 is 14.3 Å². The van der Waals surface area contributed by atoms with Gasteiger partial charge in [0.05, 0.1) is 24.9 Å². The summed E-state index contributed by atoms with van der Waals surface area (Å²) in [4.78, 5) is 31.7. The Morgan fingerprint density at radius 2 is 1.97 bits per heavy atom. The Balaban J connectivity index is 1.89. The van der Waals surface area contributed by atoms with E-state index in [1.165, 1.54) is 4.57 Å². The lowest BCUT2D eigenvalue weighted by Gasteiger charge is -2.31. The van der Waals surface area contributed by atoms with E-state index in [0.29, 0.717) is 37.3 Å². The van der Waals surface area contributed by atoms with Gasteiger partial charge in [0.25, 0.3) is 5.56 Å². The maximum atomic E-state index is 13.3. The van der Waals surface area contributed by atoms with E-state index in [2.05, 4.69) is 4.98 Å². The average Bonchev–Trinajstić information content (AvgIpc) is 2.67. The van der Waals surface area contributed by atoms with E-state index in [9.17, 15) is 9.59 Å². The van der Waals surface area contributed by atoms with Gasteiger partial charge in [0, 0.05) is 19.2 Å². The van der Waals surface area contributed by atoms with E-state index < -0.39 is 11.7 Å². The van der Waals surface area contributed by atoms with Crippen molar-refractivity contribution in [1.82, 2.24) is 14.5 Å². The molecule has 2 heterocycles.